The van der Waals surface area contributed by atoms with Crippen LogP contribution < -0.4 is 0 Å². The number of H-pyrrole nitrogens is 1. The van der Waals surface area contributed by atoms with Crippen LogP contribution in [0.15, 0.2) is 24.3 Å². The van der Waals surface area contributed by atoms with Crippen LogP contribution in [0.4, 0.5) is 10.1 Å². The third-order valence-corrected chi connectivity index (χ3v) is 2.16. The van der Waals surface area contributed by atoms with Crippen LogP contribution in [0.5, 0.6) is 0 Å². The molecule has 0 spiro atoms. The van der Waals surface area contributed by atoms with E-state index in [9.17, 15) is 19.3 Å². The van der Waals surface area contributed by atoms with Crippen LogP contribution in [0.2, 0.25) is 0 Å². The van der Waals surface area contributed by atoms with Gasteiger partial charge in [-0.05, 0) is 18.2 Å². The summed E-state index contributed by atoms with van der Waals surface area (Å²) >= 11 is 0. The van der Waals surface area contributed by atoms with Gasteiger partial charge in [-0.1, -0.05) is 0 Å². The second-order valence-corrected chi connectivity index (χ2v) is 3.25. The van der Waals surface area contributed by atoms with Crippen molar-refractivity contribution in [1.29, 1.82) is 0 Å². The predicted molar refractivity (Wildman–Crippen MR) is 56.0 cm³/mol. The first kappa shape index (κ1) is 10.9. The molecule has 0 atom stereocenters. The van der Waals surface area contributed by atoms with Crippen LogP contribution >= 0.6 is 0 Å². The summed E-state index contributed by atoms with van der Waals surface area (Å²) < 4.78 is 13.1. The van der Waals surface area contributed by atoms with E-state index in [0.717, 1.165) is 12.1 Å². The summed E-state index contributed by atoms with van der Waals surface area (Å²) in [5.74, 6) is -0.912. The first-order valence-corrected chi connectivity index (χ1v) is 4.56. The van der Waals surface area contributed by atoms with Crippen LogP contribution in [0.3, 0.4) is 0 Å². The number of aromatic nitrogens is 2. The van der Waals surface area contributed by atoms with Gasteiger partial charge in [-0.15, -0.1) is 0 Å². The molecule has 0 fully saturated rings. The molecule has 1 aromatic carbocycles. The Morgan fingerprint density at radius 2 is 2.18 bits per heavy atom. The van der Waals surface area contributed by atoms with E-state index in [2.05, 4.69) is 10.2 Å². The fourth-order valence-corrected chi connectivity index (χ4v) is 1.36. The molecule has 7 heteroatoms. The lowest BCUT2D eigenvalue weighted by atomic mass is 10.1. The minimum atomic E-state index is -0.912. The van der Waals surface area contributed by atoms with Gasteiger partial charge in [0.1, 0.15) is 0 Å². The van der Waals surface area contributed by atoms with Crippen molar-refractivity contribution < 1.29 is 14.1 Å². The highest BCUT2D eigenvalue weighted by Crippen LogP contribution is 2.25. The Morgan fingerprint density at radius 1 is 1.41 bits per heavy atom. The van der Waals surface area contributed by atoms with E-state index in [1.165, 1.54) is 12.1 Å². The minimum Gasteiger partial charge on any atom is -0.296 e. The summed E-state index contributed by atoms with van der Waals surface area (Å²) in [7, 11) is 0. The average molecular weight is 235 g/mol. The summed E-state index contributed by atoms with van der Waals surface area (Å²) in [5.41, 5.74) is 0.322. The number of aromatic amines is 1. The number of rotatable bonds is 3. The van der Waals surface area contributed by atoms with E-state index in [1.54, 1.807) is 0 Å². The third-order valence-electron chi connectivity index (χ3n) is 2.16. The fraction of sp³-hybridized carbons (Fsp3) is 0. The largest absolute Gasteiger partial charge is 0.305 e. The second-order valence-electron chi connectivity index (χ2n) is 3.25. The molecule has 2 rings (SSSR count). The lowest BCUT2D eigenvalue weighted by molar-refractivity contribution is -0.387. The highest BCUT2D eigenvalue weighted by molar-refractivity contribution is 5.75. The van der Waals surface area contributed by atoms with Crippen molar-refractivity contribution in [3.63, 3.8) is 0 Å². The van der Waals surface area contributed by atoms with Crippen LogP contribution in [-0.2, 0) is 0 Å². The Bertz CT molecular complexity index is 594. The molecule has 0 bridgehead atoms. The smallest absolute Gasteiger partial charge is 0.296 e. The standard InChI is InChI=1S/C10H6FN3O3/c11-8-2-1-6(3-10(8)14(16)17)9-4-7(5-15)12-13-9/h1-5H,(H,12,13). The maximum absolute atomic E-state index is 13.1. The molecule has 0 saturated heterocycles. The van der Waals surface area contributed by atoms with Crippen molar-refractivity contribution in [3.05, 3.63) is 45.9 Å². The zero-order valence-corrected chi connectivity index (χ0v) is 8.38. The first-order valence-electron chi connectivity index (χ1n) is 4.56. The predicted octanol–water partition coefficient (Wildman–Crippen LogP) is 1.94. The van der Waals surface area contributed by atoms with Gasteiger partial charge < -0.3 is 0 Å². The van der Waals surface area contributed by atoms with Crippen LogP contribution in [0.25, 0.3) is 11.3 Å². The Hall–Kier alpha value is -2.57. The fourth-order valence-electron chi connectivity index (χ4n) is 1.36. The van der Waals surface area contributed by atoms with E-state index >= 15 is 0 Å². The van der Waals surface area contributed by atoms with E-state index in [-0.39, 0.29) is 5.69 Å². The van der Waals surface area contributed by atoms with Crippen molar-refractivity contribution in [3.8, 4) is 11.3 Å². The van der Waals surface area contributed by atoms with E-state index in [4.69, 9.17) is 0 Å². The molecule has 0 aliphatic carbocycles. The summed E-state index contributed by atoms with van der Waals surface area (Å²) in [6.45, 7) is 0. The SMILES string of the molecule is O=Cc1cc(-c2ccc(F)c([N+](=O)[O-])c2)n[nH]1. The lowest BCUT2D eigenvalue weighted by Crippen LogP contribution is -1.92. The Morgan fingerprint density at radius 3 is 2.76 bits per heavy atom. The molecule has 1 N–H and O–H groups in total. The molecule has 0 saturated carbocycles. The molecular formula is C10H6FN3O3. The number of carbonyl (C=O) groups excluding carboxylic acids is 1. The zero-order chi connectivity index (χ0) is 12.4. The van der Waals surface area contributed by atoms with Crippen molar-refractivity contribution in [2.75, 3.05) is 0 Å². The van der Waals surface area contributed by atoms with Gasteiger partial charge in [0.2, 0.25) is 5.82 Å². The van der Waals surface area contributed by atoms with Crippen LogP contribution in [0.1, 0.15) is 10.5 Å². The van der Waals surface area contributed by atoms with Crippen molar-refractivity contribution in [1.82, 2.24) is 10.2 Å². The number of aldehydes is 1. The number of nitrogens with one attached hydrogen (secondary N) is 1. The molecule has 6 nitrogen and oxygen atoms in total. The molecule has 0 aliphatic rings. The third kappa shape index (κ3) is 2.03. The Kier molecular flexibility index (Phi) is 2.65. The molecule has 1 aromatic heterocycles. The van der Waals surface area contributed by atoms with Crippen molar-refractivity contribution in [2.24, 2.45) is 0 Å². The number of hydrogen-bond donors (Lipinski definition) is 1. The molecule has 0 aliphatic heterocycles. The highest BCUT2D eigenvalue weighted by Gasteiger charge is 2.16. The van der Waals surface area contributed by atoms with Gasteiger partial charge in [0.25, 0.3) is 0 Å². The average Bonchev–Trinajstić information content (AvgIpc) is 2.78. The monoisotopic (exact) mass is 235 g/mol. The molecule has 0 amide bonds. The quantitative estimate of drug-likeness (QED) is 0.500. The number of nitrogens with zero attached hydrogens (tertiary/aromatic N) is 2. The Balaban J connectivity index is 2.49. The molecule has 86 valence electrons. The summed E-state index contributed by atoms with van der Waals surface area (Å²) in [6, 6.07) is 4.83. The van der Waals surface area contributed by atoms with E-state index < -0.39 is 16.4 Å². The maximum Gasteiger partial charge on any atom is 0.305 e. The normalized spacial score (nSPS) is 10.2. The van der Waals surface area contributed by atoms with Crippen molar-refractivity contribution in [2.45, 2.75) is 0 Å². The maximum atomic E-state index is 13.1. The number of benzene rings is 1. The van der Waals surface area contributed by atoms with Gasteiger partial charge in [0, 0.05) is 11.6 Å². The van der Waals surface area contributed by atoms with Crippen molar-refractivity contribution >= 4 is 12.0 Å². The van der Waals surface area contributed by atoms with Gasteiger partial charge in [0.05, 0.1) is 16.3 Å². The number of nitro benzene ring substituents is 1. The summed E-state index contributed by atoms with van der Waals surface area (Å²) in [5, 5.41) is 16.8. The minimum absolute atomic E-state index is 0.243. The molecule has 0 unspecified atom stereocenters. The van der Waals surface area contributed by atoms with Crippen LogP contribution in [-0.4, -0.2) is 21.4 Å². The van der Waals surface area contributed by atoms with Gasteiger partial charge in [-0.25, -0.2) is 0 Å². The van der Waals surface area contributed by atoms with Crippen LogP contribution in [0, 0.1) is 15.9 Å². The first-order chi connectivity index (χ1) is 8.11. The molecule has 1 heterocycles. The highest BCUT2D eigenvalue weighted by atomic mass is 19.1. The molecular weight excluding hydrogens is 229 g/mol. The number of hydrogen-bond acceptors (Lipinski definition) is 4. The summed E-state index contributed by atoms with van der Waals surface area (Å²) in [4.78, 5) is 20.2. The summed E-state index contributed by atoms with van der Waals surface area (Å²) in [6.07, 6.45) is 0.564. The number of carbonyl (C=O) groups is 1. The molecule has 0 radical (unpaired) electrons. The van der Waals surface area contributed by atoms with E-state index in [0.29, 0.717) is 17.5 Å². The van der Waals surface area contributed by atoms with Gasteiger partial charge in [0.15, 0.2) is 6.29 Å². The van der Waals surface area contributed by atoms with Gasteiger partial charge in [-0.3, -0.25) is 20.0 Å². The lowest BCUT2D eigenvalue weighted by Gasteiger charge is -1.97. The molecule has 17 heavy (non-hydrogen) atoms. The van der Waals surface area contributed by atoms with Gasteiger partial charge >= 0.3 is 5.69 Å². The second kappa shape index (κ2) is 4.12. The topological polar surface area (TPSA) is 88.9 Å². The van der Waals surface area contributed by atoms with Gasteiger partial charge in [-0.2, -0.15) is 9.49 Å². The number of nitro groups is 1. The van der Waals surface area contributed by atoms with E-state index in [1.807, 2.05) is 0 Å². The number of halogens is 1. The Labute approximate surface area is 94.2 Å². The zero-order valence-electron chi connectivity index (χ0n) is 8.38. The molecule has 2 aromatic rings.